The van der Waals surface area contributed by atoms with Crippen LogP contribution in [0.15, 0.2) is 36.4 Å². The molecule has 6 heteroatoms. The standard InChI is InChI=1S/C24H33N3O3/c1-15(19-5-6-21-14-22(30-4)8-7-20(21)13-19)23(28)26-17(3)18-9-11-27(12-10-18)24(29)16(2)25/h5-8,13-18H,9-12,25H2,1-4H3,(H,26,28). The Labute approximate surface area is 178 Å². The Kier molecular flexibility index (Phi) is 6.98. The maximum absolute atomic E-state index is 12.9. The Hall–Kier alpha value is -2.60. The van der Waals surface area contributed by atoms with Gasteiger partial charge in [0.2, 0.25) is 11.8 Å². The first-order valence-electron chi connectivity index (χ1n) is 10.7. The number of piperidine rings is 1. The second-order valence-electron chi connectivity index (χ2n) is 8.44. The largest absolute Gasteiger partial charge is 0.497 e. The number of carbonyl (C=O) groups excluding carboxylic acids is 2. The topological polar surface area (TPSA) is 84.7 Å². The van der Waals surface area contributed by atoms with Crippen molar-refractivity contribution >= 4 is 22.6 Å². The van der Waals surface area contributed by atoms with E-state index in [9.17, 15) is 9.59 Å². The predicted octanol–water partition coefficient (Wildman–Crippen LogP) is 3.04. The third kappa shape index (κ3) is 4.93. The minimum Gasteiger partial charge on any atom is -0.497 e. The molecular formula is C24H33N3O3. The summed E-state index contributed by atoms with van der Waals surface area (Å²) < 4.78 is 5.28. The minimum absolute atomic E-state index is 0.00712. The number of nitrogens with zero attached hydrogens (tertiary/aromatic N) is 1. The lowest BCUT2D eigenvalue weighted by Crippen LogP contribution is -2.49. The first kappa shape index (κ1) is 22.1. The van der Waals surface area contributed by atoms with Gasteiger partial charge in [0.25, 0.3) is 0 Å². The first-order chi connectivity index (χ1) is 14.3. The van der Waals surface area contributed by atoms with Gasteiger partial charge < -0.3 is 20.7 Å². The number of hydrogen-bond donors (Lipinski definition) is 2. The van der Waals surface area contributed by atoms with Crippen LogP contribution in [0.3, 0.4) is 0 Å². The number of carbonyl (C=O) groups is 2. The van der Waals surface area contributed by atoms with E-state index in [4.69, 9.17) is 10.5 Å². The molecule has 0 aliphatic carbocycles. The molecule has 2 aromatic rings. The van der Waals surface area contributed by atoms with Gasteiger partial charge in [0.1, 0.15) is 5.75 Å². The lowest BCUT2D eigenvalue weighted by molar-refractivity contribution is -0.134. The molecule has 3 unspecified atom stereocenters. The Morgan fingerprint density at radius 1 is 1.07 bits per heavy atom. The summed E-state index contributed by atoms with van der Waals surface area (Å²) in [5.74, 6) is 0.988. The zero-order valence-electron chi connectivity index (χ0n) is 18.4. The molecule has 1 saturated heterocycles. The Bertz CT molecular complexity index is 904. The molecule has 6 nitrogen and oxygen atoms in total. The highest BCUT2D eigenvalue weighted by atomic mass is 16.5. The quantitative estimate of drug-likeness (QED) is 0.765. The third-order valence-corrected chi connectivity index (χ3v) is 6.28. The van der Waals surface area contributed by atoms with E-state index >= 15 is 0 Å². The van der Waals surface area contributed by atoms with Crippen LogP contribution < -0.4 is 15.8 Å². The van der Waals surface area contributed by atoms with Gasteiger partial charge >= 0.3 is 0 Å². The molecule has 1 aliphatic rings. The molecule has 0 spiro atoms. The Morgan fingerprint density at radius 2 is 1.70 bits per heavy atom. The molecule has 3 rings (SSSR count). The summed E-state index contributed by atoms with van der Waals surface area (Å²) in [5, 5.41) is 5.37. The number of benzene rings is 2. The van der Waals surface area contributed by atoms with E-state index in [0.717, 1.165) is 34.9 Å². The van der Waals surface area contributed by atoms with Gasteiger partial charge in [0.15, 0.2) is 0 Å². The highest BCUT2D eigenvalue weighted by Gasteiger charge is 2.29. The SMILES string of the molecule is COc1ccc2cc(C(C)C(=O)NC(C)C3CCN(C(=O)C(C)N)CC3)ccc2c1. The van der Waals surface area contributed by atoms with Gasteiger partial charge in [-0.05, 0) is 68.0 Å². The average molecular weight is 412 g/mol. The molecule has 3 N–H and O–H groups in total. The molecule has 1 fully saturated rings. The summed E-state index contributed by atoms with van der Waals surface area (Å²) in [5.41, 5.74) is 6.71. The fourth-order valence-electron chi connectivity index (χ4n) is 4.17. The number of fused-ring (bicyclic) bond motifs is 1. The van der Waals surface area contributed by atoms with Gasteiger partial charge in [0, 0.05) is 19.1 Å². The minimum atomic E-state index is -0.456. The zero-order valence-corrected chi connectivity index (χ0v) is 18.4. The summed E-state index contributed by atoms with van der Waals surface area (Å²) >= 11 is 0. The molecule has 0 saturated carbocycles. The zero-order chi connectivity index (χ0) is 21.8. The molecule has 30 heavy (non-hydrogen) atoms. The summed E-state index contributed by atoms with van der Waals surface area (Å²) in [4.78, 5) is 26.8. The van der Waals surface area contributed by atoms with Crippen LogP contribution in [0.2, 0.25) is 0 Å². The number of nitrogens with two attached hydrogens (primary N) is 1. The van der Waals surface area contributed by atoms with Gasteiger partial charge in [-0.15, -0.1) is 0 Å². The van der Waals surface area contributed by atoms with E-state index in [-0.39, 0.29) is 23.8 Å². The van der Waals surface area contributed by atoms with Crippen molar-refractivity contribution in [3.8, 4) is 5.75 Å². The van der Waals surface area contributed by atoms with Gasteiger partial charge in [-0.2, -0.15) is 0 Å². The maximum Gasteiger partial charge on any atom is 0.239 e. The fourth-order valence-corrected chi connectivity index (χ4v) is 4.17. The number of rotatable bonds is 6. The molecule has 1 aliphatic heterocycles. The average Bonchev–Trinajstić information content (AvgIpc) is 2.77. The summed E-state index contributed by atoms with van der Waals surface area (Å²) in [6.07, 6.45) is 1.76. The number of ether oxygens (including phenoxy) is 1. The predicted molar refractivity (Wildman–Crippen MR) is 119 cm³/mol. The van der Waals surface area contributed by atoms with Crippen LogP contribution >= 0.6 is 0 Å². The van der Waals surface area contributed by atoms with Crippen molar-refractivity contribution in [3.63, 3.8) is 0 Å². The monoisotopic (exact) mass is 411 g/mol. The summed E-state index contributed by atoms with van der Waals surface area (Å²) in [6, 6.07) is 11.7. The summed E-state index contributed by atoms with van der Waals surface area (Å²) in [6.45, 7) is 7.13. The van der Waals surface area contributed by atoms with Crippen LogP contribution in [0, 0.1) is 5.92 Å². The van der Waals surface area contributed by atoms with E-state index in [2.05, 4.69) is 18.3 Å². The van der Waals surface area contributed by atoms with Crippen LogP contribution in [0.5, 0.6) is 5.75 Å². The number of nitrogens with one attached hydrogen (secondary N) is 1. The molecule has 2 amide bonds. The van der Waals surface area contributed by atoms with Gasteiger partial charge in [-0.25, -0.2) is 0 Å². The van der Waals surface area contributed by atoms with Crippen molar-refractivity contribution in [1.29, 1.82) is 0 Å². The van der Waals surface area contributed by atoms with Crippen LogP contribution in [0.4, 0.5) is 0 Å². The lowest BCUT2D eigenvalue weighted by Gasteiger charge is -2.36. The van der Waals surface area contributed by atoms with Crippen LogP contribution in [-0.4, -0.2) is 49.0 Å². The van der Waals surface area contributed by atoms with Crippen molar-refractivity contribution in [2.45, 2.75) is 51.6 Å². The van der Waals surface area contributed by atoms with Crippen molar-refractivity contribution in [3.05, 3.63) is 42.0 Å². The van der Waals surface area contributed by atoms with Crippen LogP contribution in [-0.2, 0) is 9.59 Å². The van der Waals surface area contributed by atoms with Crippen molar-refractivity contribution in [2.24, 2.45) is 11.7 Å². The van der Waals surface area contributed by atoms with Crippen LogP contribution in [0.25, 0.3) is 10.8 Å². The molecule has 0 aromatic heterocycles. The second-order valence-corrected chi connectivity index (χ2v) is 8.44. The smallest absolute Gasteiger partial charge is 0.239 e. The lowest BCUT2D eigenvalue weighted by atomic mass is 9.89. The molecule has 0 radical (unpaired) electrons. The van der Waals surface area contributed by atoms with E-state index < -0.39 is 6.04 Å². The normalized spacial score (nSPS) is 18.0. The highest BCUT2D eigenvalue weighted by molar-refractivity contribution is 5.88. The number of likely N-dealkylation sites (tertiary alicyclic amines) is 1. The van der Waals surface area contributed by atoms with Gasteiger partial charge in [-0.1, -0.05) is 24.3 Å². The van der Waals surface area contributed by atoms with E-state index in [1.54, 1.807) is 14.0 Å². The number of hydrogen-bond acceptors (Lipinski definition) is 4. The van der Waals surface area contributed by atoms with E-state index in [0.29, 0.717) is 19.0 Å². The summed E-state index contributed by atoms with van der Waals surface area (Å²) in [7, 11) is 1.66. The maximum atomic E-state index is 12.9. The van der Waals surface area contributed by atoms with Crippen molar-refractivity contribution in [1.82, 2.24) is 10.2 Å². The van der Waals surface area contributed by atoms with Crippen LogP contribution in [0.1, 0.15) is 45.1 Å². The molecule has 3 atom stereocenters. The van der Waals surface area contributed by atoms with Crippen molar-refractivity contribution in [2.75, 3.05) is 20.2 Å². The number of methoxy groups -OCH3 is 1. The first-order valence-corrected chi connectivity index (χ1v) is 10.7. The molecule has 2 aromatic carbocycles. The van der Waals surface area contributed by atoms with Gasteiger partial charge in [0.05, 0.1) is 19.1 Å². The van der Waals surface area contributed by atoms with E-state index in [1.165, 1.54) is 0 Å². The van der Waals surface area contributed by atoms with Crippen molar-refractivity contribution < 1.29 is 14.3 Å². The third-order valence-electron chi connectivity index (χ3n) is 6.28. The van der Waals surface area contributed by atoms with E-state index in [1.807, 2.05) is 42.2 Å². The molecule has 1 heterocycles. The highest BCUT2D eigenvalue weighted by Crippen LogP contribution is 2.26. The molecule has 0 bridgehead atoms. The Morgan fingerprint density at radius 3 is 2.33 bits per heavy atom. The molecular weight excluding hydrogens is 378 g/mol. The Balaban J connectivity index is 1.59. The molecule has 162 valence electrons. The number of amides is 2. The fraction of sp³-hybridized carbons (Fsp3) is 0.500. The second kappa shape index (κ2) is 9.47. The van der Waals surface area contributed by atoms with Gasteiger partial charge in [-0.3, -0.25) is 9.59 Å².